The van der Waals surface area contributed by atoms with Crippen molar-refractivity contribution in [3.8, 4) is 0 Å². The Morgan fingerprint density at radius 2 is 2.00 bits per heavy atom. The fourth-order valence-corrected chi connectivity index (χ4v) is 3.67. The van der Waals surface area contributed by atoms with Crippen molar-refractivity contribution in [2.45, 2.75) is 56.5 Å². The molecule has 1 spiro atoms. The number of carbonyl (C=O) groups excluding carboxylic acids is 3. The predicted octanol–water partition coefficient (Wildman–Crippen LogP) is 0.531. The van der Waals surface area contributed by atoms with Crippen LogP contribution in [0.4, 0.5) is 4.79 Å². The Morgan fingerprint density at radius 1 is 1.26 bits per heavy atom. The normalized spacial score (nSPS) is 25.6. The van der Waals surface area contributed by atoms with Crippen molar-refractivity contribution >= 4 is 30.3 Å². The summed E-state index contributed by atoms with van der Waals surface area (Å²) in [7, 11) is 0. The van der Waals surface area contributed by atoms with Crippen molar-refractivity contribution in [3.63, 3.8) is 0 Å². The van der Waals surface area contributed by atoms with E-state index in [0.717, 1.165) is 32.2 Å². The fourth-order valence-electron chi connectivity index (χ4n) is 3.67. The smallest absolute Gasteiger partial charge is 0.325 e. The minimum Gasteiger partial charge on any atom is -0.354 e. The maximum Gasteiger partial charge on any atom is 0.325 e. The van der Waals surface area contributed by atoms with Crippen LogP contribution in [0, 0.1) is 0 Å². The Hall–Kier alpha value is -1.34. The highest BCUT2D eigenvalue weighted by Gasteiger charge is 2.52. The van der Waals surface area contributed by atoms with Crippen LogP contribution in [0.2, 0.25) is 0 Å². The number of nitrogens with one attached hydrogen (secondary N) is 3. The summed E-state index contributed by atoms with van der Waals surface area (Å²) in [5.41, 5.74) is -0.679. The zero-order chi connectivity index (χ0) is 15.6. The van der Waals surface area contributed by atoms with Crippen molar-refractivity contribution in [1.29, 1.82) is 0 Å². The van der Waals surface area contributed by atoms with Gasteiger partial charge in [0, 0.05) is 25.6 Å². The number of rotatable bonds is 5. The number of nitrogens with zero attached hydrogens (tertiary/aromatic N) is 1. The maximum absolute atomic E-state index is 12.4. The van der Waals surface area contributed by atoms with Gasteiger partial charge in [-0.2, -0.15) is 0 Å². The topological polar surface area (TPSA) is 90.5 Å². The summed E-state index contributed by atoms with van der Waals surface area (Å²) < 4.78 is 0. The molecule has 8 heteroatoms. The van der Waals surface area contributed by atoms with Gasteiger partial charge in [0.2, 0.25) is 5.91 Å². The highest BCUT2D eigenvalue weighted by molar-refractivity contribution is 6.07. The van der Waals surface area contributed by atoms with Gasteiger partial charge in [-0.05, 0) is 32.2 Å². The van der Waals surface area contributed by atoms with E-state index in [1.54, 1.807) is 0 Å². The van der Waals surface area contributed by atoms with Gasteiger partial charge >= 0.3 is 6.03 Å². The average Bonchev–Trinajstić information content (AvgIpc) is 3.20. The Morgan fingerprint density at radius 3 is 2.65 bits per heavy atom. The second kappa shape index (κ2) is 7.49. The van der Waals surface area contributed by atoms with E-state index in [4.69, 9.17) is 0 Å². The van der Waals surface area contributed by atoms with E-state index in [2.05, 4.69) is 16.0 Å². The summed E-state index contributed by atoms with van der Waals surface area (Å²) in [6, 6.07) is -0.000384. The number of urea groups is 1. The van der Waals surface area contributed by atoms with Gasteiger partial charge in [-0.25, -0.2) is 4.79 Å². The van der Waals surface area contributed by atoms with E-state index < -0.39 is 5.54 Å². The van der Waals surface area contributed by atoms with E-state index in [1.807, 2.05) is 0 Å². The molecule has 2 saturated heterocycles. The first-order chi connectivity index (χ1) is 10.6. The van der Waals surface area contributed by atoms with Gasteiger partial charge in [-0.3, -0.25) is 14.5 Å². The molecule has 3 rings (SSSR count). The monoisotopic (exact) mass is 344 g/mol. The summed E-state index contributed by atoms with van der Waals surface area (Å²) in [5.74, 6) is -0.262. The molecule has 3 fully saturated rings. The molecule has 0 aromatic heterocycles. The third kappa shape index (κ3) is 3.77. The van der Waals surface area contributed by atoms with Gasteiger partial charge in [-0.1, -0.05) is 12.8 Å². The van der Waals surface area contributed by atoms with Crippen LogP contribution in [0.25, 0.3) is 0 Å². The Labute approximate surface area is 142 Å². The molecule has 1 atom stereocenters. The van der Waals surface area contributed by atoms with E-state index in [0.29, 0.717) is 25.4 Å². The molecule has 1 saturated carbocycles. The Balaban J connectivity index is 0.00000192. The predicted molar refractivity (Wildman–Crippen MR) is 87.3 cm³/mol. The molecule has 4 amide bonds. The lowest BCUT2D eigenvalue weighted by atomic mass is 9.98. The fraction of sp³-hybridized carbons (Fsp3) is 0.800. The number of hydrogen-bond donors (Lipinski definition) is 3. The van der Waals surface area contributed by atoms with Gasteiger partial charge in [-0.15, -0.1) is 12.4 Å². The molecule has 2 heterocycles. The molecule has 3 N–H and O–H groups in total. The van der Waals surface area contributed by atoms with Crippen molar-refractivity contribution < 1.29 is 14.4 Å². The van der Waals surface area contributed by atoms with Gasteiger partial charge in [0.1, 0.15) is 5.54 Å². The van der Waals surface area contributed by atoms with Gasteiger partial charge in [0.05, 0.1) is 0 Å². The van der Waals surface area contributed by atoms with E-state index >= 15 is 0 Å². The zero-order valence-corrected chi connectivity index (χ0v) is 14.0. The van der Waals surface area contributed by atoms with Crippen LogP contribution >= 0.6 is 12.4 Å². The summed E-state index contributed by atoms with van der Waals surface area (Å²) >= 11 is 0. The van der Waals surface area contributed by atoms with Crippen LogP contribution in [0.5, 0.6) is 0 Å². The molecule has 0 aromatic rings. The molecule has 23 heavy (non-hydrogen) atoms. The average molecular weight is 345 g/mol. The molecule has 2 aliphatic heterocycles. The first kappa shape index (κ1) is 18.0. The quantitative estimate of drug-likeness (QED) is 0.635. The molecule has 3 aliphatic rings. The lowest BCUT2D eigenvalue weighted by Crippen LogP contribution is -2.44. The Bertz CT molecular complexity index is 473. The third-order valence-electron chi connectivity index (χ3n) is 4.97. The van der Waals surface area contributed by atoms with E-state index in [9.17, 15) is 14.4 Å². The van der Waals surface area contributed by atoms with Crippen molar-refractivity contribution in [3.05, 3.63) is 0 Å². The lowest BCUT2D eigenvalue weighted by molar-refractivity contribution is -0.131. The summed E-state index contributed by atoms with van der Waals surface area (Å²) in [6.07, 6.45) is 5.76. The third-order valence-corrected chi connectivity index (χ3v) is 4.97. The molecule has 7 nitrogen and oxygen atoms in total. The van der Waals surface area contributed by atoms with Crippen LogP contribution in [-0.2, 0) is 9.59 Å². The minimum atomic E-state index is -0.679. The van der Waals surface area contributed by atoms with Crippen LogP contribution in [-0.4, -0.2) is 54.0 Å². The first-order valence-electron chi connectivity index (χ1n) is 8.25. The van der Waals surface area contributed by atoms with Gasteiger partial charge < -0.3 is 16.0 Å². The van der Waals surface area contributed by atoms with E-state index in [-0.39, 0.29) is 43.2 Å². The summed E-state index contributed by atoms with van der Waals surface area (Å²) in [5, 5.41) is 9.01. The van der Waals surface area contributed by atoms with E-state index in [1.165, 1.54) is 4.90 Å². The van der Waals surface area contributed by atoms with Crippen LogP contribution in [0.15, 0.2) is 0 Å². The van der Waals surface area contributed by atoms with Crippen molar-refractivity contribution in [1.82, 2.24) is 20.9 Å². The number of imide groups is 1. The van der Waals surface area contributed by atoms with Crippen molar-refractivity contribution in [2.75, 3.05) is 19.6 Å². The maximum atomic E-state index is 12.4. The Kier molecular flexibility index (Phi) is 5.86. The first-order valence-corrected chi connectivity index (χ1v) is 8.25. The molecule has 0 bridgehead atoms. The summed E-state index contributed by atoms with van der Waals surface area (Å²) in [6.45, 7) is 1.78. The lowest BCUT2D eigenvalue weighted by Gasteiger charge is -2.20. The number of carbonyl (C=O) groups is 3. The second-order valence-electron chi connectivity index (χ2n) is 6.52. The highest BCUT2D eigenvalue weighted by Crippen LogP contribution is 2.34. The summed E-state index contributed by atoms with van der Waals surface area (Å²) in [4.78, 5) is 37.5. The molecule has 0 aromatic carbocycles. The number of hydrogen-bond acceptors (Lipinski definition) is 4. The minimum absolute atomic E-state index is 0. The zero-order valence-electron chi connectivity index (χ0n) is 13.2. The molecule has 1 unspecified atom stereocenters. The van der Waals surface area contributed by atoms with Crippen LogP contribution in [0.1, 0.15) is 44.9 Å². The van der Waals surface area contributed by atoms with Crippen molar-refractivity contribution in [2.24, 2.45) is 0 Å². The van der Waals surface area contributed by atoms with Gasteiger partial charge in [0.25, 0.3) is 5.91 Å². The number of halogens is 1. The highest BCUT2D eigenvalue weighted by atomic mass is 35.5. The molecule has 1 aliphatic carbocycles. The molecular formula is C15H25ClN4O3. The largest absolute Gasteiger partial charge is 0.354 e. The van der Waals surface area contributed by atoms with Gasteiger partial charge in [0.15, 0.2) is 0 Å². The number of amides is 4. The second-order valence-corrected chi connectivity index (χ2v) is 6.52. The SMILES string of the molecule is Cl.O=C(CCN1C(=O)NC2(CCCC2)C1=O)NCC1CCCN1. The molecule has 130 valence electrons. The molecular weight excluding hydrogens is 320 g/mol. The van der Waals surface area contributed by atoms with Crippen LogP contribution in [0.3, 0.4) is 0 Å². The van der Waals surface area contributed by atoms with Crippen LogP contribution < -0.4 is 16.0 Å². The molecule has 0 radical (unpaired) electrons. The standard InChI is InChI=1S/C15H24N4O3.ClH/c20-12(17-10-11-4-3-8-16-11)5-9-19-13(21)15(18-14(19)22)6-1-2-7-15;/h11,16H,1-10H2,(H,17,20)(H,18,22);1H.